The Kier molecular flexibility index (Phi) is 4.58. The molecule has 0 bridgehead atoms. The van der Waals surface area contributed by atoms with Gasteiger partial charge in [-0.05, 0) is 43.0 Å². The Morgan fingerprint density at radius 2 is 2.07 bits per heavy atom. The smallest absolute Gasteiger partial charge is 0.356 e. The highest BCUT2D eigenvalue weighted by atomic mass is 79.9. The fourth-order valence-corrected chi connectivity index (χ4v) is 5.02. The number of hydrogen-bond donors (Lipinski definition) is 0. The van der Waals surface area contributed by atoms with Crippen molar-refractivity contribution in [1.82, 2.24) is 4.98 Å². The summed E-state index contributed by atoms with van der Waals surface area (Å²) in [4.78, 5) is 31.4. The van der Waals surface area contributed by atoms with E-state index in [1.54, 1.807) is 6.07 Å². The molecule has 1 saturated heterocycles. The van der Waals surface area contributed by atoms with Crippen molar-refractivity contribution in [2.75, 3.05) is 32.2 Å². The summed E-state index contributed by atoms with van der Waals surface area (Å²) in [5.74, 6) is -0.328. The first-order valence-electron chi connectivity index (χ1n) is 9.00. The van der Waals surface area contributed by atoms with Crippen LogP contribution in [-0.2, 0) is 14.3 Å². The summed E-state index contributed by atoms with van der Waals surface area (Å²) < 4.78 is 11.0. The van der Waals surface area contributed by atoms with Crippen LogP contribution in [0.4, 0.5) is 5.69 Å². The summed E-state index contributed by atoms with van der Waals surface area (Å²) in [6.45, 7) is 1.36. The average Bonchev–Trinajstić information content (AvgIpc) is 3.24. The minimum Gasteiger partial charge on any atom is -0.469 e. The number of halogens is 1. The largest absolute Gasteiger partial charge is 0.469 e. The monoisotopic (exact) mass is 432 g/mol. The first-order valence-corrected chi connectivity index (χ1v) is 9.80. The minimum atomic E-state index is -0.469. The fraction of sp³-hybridized carbons (Fsp3) is 0.450. The molecule has 0 amide bonds. The van der Waals surface area contributed by atoms with E-state index in [1.165, 1.54) is 14.2 Å². The van der Waals surface area contributed by atoms with Crippen molar-refractivity contribution in [3.05, 3.63) is 34.4 Å². The van der Waals surface area contributed by atoms with E-state index in [-0.39, 0.29) is 17.6 Å². The lowest BCUT2D eigenvalue weighted by atomic mass is 9.81. The molecule has 2 aliphatic rings. The quantitative estimate of drug-likeness (QED) is 0.690. The summed E-state index contributed by atoms with van der Waals surface area (Å²) in [5.41, 5.74) is 1.44. The van der Waals surface area contributed by atoms with Crippen LogP contribution in [0.1, 0.15) is 29.8 Å². The molecule has 2 fully saturated rings. The number of fused-ring (bicyclic) bond motifs is 2. The van der Waals surface area contributed by atoms with E-state index in [2.05, 4.69) is 25.8 Å². The molecule has 1 saturated carbocycles. The number of carbonyl (C=O) groups is 2. The van der Waals surface area contributed by atoms with Gasteiger partial charge in [-0.15, -0.1) is 0 Å². The first kappa shape index (κ1) is 18.2. The zero-order chi connectivity index (χ0) is 19.2. The van der Waals surface area contributed by atoms with Gasteiger partial charge in [-0.2, -0.15) is 0 Å². The third-order valence-corrected chi connectivity index (χ3v) is 6.44. The Labute approximate surface area is 166 Å². The van der Waals surface area contributed by atoms with Gasteiger partial charge in [-0.25, -0.2) is 9.78 Å². The van der Waals surface area contributed by atoms with Crippen molar-refractivity contribution >= 4 is 44.5 Å². The maximum atomic E-state index is 12.6. The van der Waals surface area contributed by atoms with Crippen molar-refractivity contribution in [3.63, 3.8) is 0 Å². The molecule has 7 heteroatoms. The molecule has 1 aromatic carbocycles. The Morgan fingerprint density at radius 3 is 2.81 bits per heavy atom. The van der Waals surface area contributed by atoms with Crippen LogP contribution in [0.5, 0.6) is 0 Å². The van der Waals surface area contributed by atoms with Crippen LogP contribution in [0.2, 0.25) is 0 Å². The zero-order valence-corrected chi connectivity index (χ0v) is 16.9. The Hall–Kier alpha value is -2.15. The van der Waals surface area contributed by atoms with E-state index in [9.17, 15) is 9.59 Å². The second kappa shape index (κ2) is 6.78. The topological polar surface area (TPSA) is 68.7 Å². The number of anilines is 1. The maximum Gasteiger partial charge on any atom is 0.356 e. The van der Waals surface area contributed by atoms with Crippen LogP contribution >= 0.6 is 15.9 Å². The van der Waals surface area contributed by atoms with Crippen molar-refractivity contribution < 1.29 is 19.1 Å². The molecule has 4 rings (SSSR count). The van der Waals surface area contributed by atoms with Crippen LogP contribution in [0.3, 0.4) is 0 Å². The van der Waals surface area contributed by atoms with Gasteiger partial charge in [0.1, 0.15) is 0 Å². The van der Waals surface area contributed by atoms with E-state index in [0.717, 1.165) is 46.9 Å². The second-order valence-electron chi connectivity index (χ2n) is 7.30. The summed E-state index contributed by atoms with van der Waals surface area (Å²) in [6.07, 6.45) is 2.91. The van der Waals surface area contributed by atoms with Crippen molar-refractivity contribution in [3.8, 4) is 0 Å². The fourth-order valence-electron chi connectivity index (χ4n) is 4.66. The van der Waals surface area contributed by atoms with Gasteiger partial charge in [0.25, 0.3) is 0 Å². The second-order valence-corrected chi connectivity index (χ2v) is 8.21. The van der Waals surface area contributed by atoms with Gasteiger partial charge >= 0.3 is 11.9 Å². The number of esters is 2. The van der Waals surface area contributed by atoms with Crippen molar-refractivity contribution in [2.24, 2.45) is 11.3 Å². The number of benzene rings is 1. The lowest BCUT2D eigenvalue weighted by Gasteiger charge is -2.26. The molecule has 2 atom stereocenters. The van der Waals surface area contributed by atoms with Gasteiger partial charge in [0.2, 0.25) is 0 Å². The number of nitrogens with zero attached hydrogens (tertiary/aromatic N) is 2. The maximum absolute atomic E-state index is 12.6. The van der Waals surface area contributed by atoms with Crippen LogP contribution in [0, 0.1) is 11.3 Å². The van der Waals surface area contributed by atoms with E-state index in [1.807, 2.05) is 18.2 Å². The molecule has 0 spiro atoms. The molecule has 0 radical (unpaired) electrons. The van der Waals surface area contributed by atoms with E-state index in [0.29, 0.717) is 6.54 Å². The molecule has 1 aliphatic heterocycles. The van der Waals surface area contributed by atoms with Crippen molar-refractivity contribution in [2.45, 2.75) is 19.3 Å². The molecule has 1 aromatic heterocycles. The molecule has 6 nitrogen and oxygen atoms in total. The van der Waals surface area contributed by atoms with Gasteiger partial charge in [0.15, 0.2) is 5.69 Å². The Morgan fingerprint density at radius 1 is 1.26 bits per heavy atom. The number of rotatable bonds is 3. The molecule has 2 aromatic rings. The molecule has 0 N–H and O–H groups in total. The third-order valence-electron chi connectivity index (χ3n) is 5.95. The molecule has 142 valence electrons. The van der Waals surface area contributed by atoms with Crippen LogP contribution in [-0.4, -0.2) is 44.2 Å². The SMILES string of the molecule is COC(=O)c1cc(N2CC3CCCC3(C(=O)OC)C2)c2cc(Br)ccc2n1. The van der Waals surface area contributed by atoms with Gasteiger partial charge in [-0.1, -0.05) is 22.4 Å². The summed E-state index contributed by atoms with van der Waals surface area (Å²) in [5, 5.41) is 0.942. The standard InChI is InChI=1S/C20H21BrN2O4/c1-26-18(24)16-9-17(14-8-13(21)5-6-15(14)22-16)23-10-12-4-3-7-20(12,11-23)19(25)27-2/h5-6,8-9,12H,3-4,7,10-11H2,1-2H3. The average molecular weight is 433 g/mol. The highest BCUT2D eigenvalue weighted by molar-refractivity contribution is 9.10. The van der Waals surface area contributed by atoms with Gasteiger partial charge in [-0.3, -0.25) is 4.79 Å². The molecule has 2 unspecified atom stereocenters. The predicted octanol–water partition coefficient (Wildman–Crippen LogP) is 3.56. The minimum absolute atomic E-state index is 0.125. The number of hydrogen-bond acceptors (Lipinski definition) is 6. The summed E-state index contributed by atoms with van der Waals surface area (Å²) in [6, 6.07) is 7.54. The molecular formula is C20H21BrN2O4. The number of pyridine rings is 1. The normalized spacial score (nSPS) is 24.1. The Balaban J connectivity index is 1.82. The predicted molar refractivity (Wildman–Crippen MR) is 105 cm³/mol. The van der Waals surface area contributed by atoms with Gasteiger partial charge in [0.05, 0.1) is 25.2 Å². The van der Waals surface area contributed by atoms with Gasteiger partial charge in [0, 0.05) is 28.6 Å². The number of ether oxygens (including phenoxy) is 2. The lowest BCUT2D eigenvalue weighted by molar-refractivity contribution is -0.152. The number of aromatic nitrogens is 1. The number of carbonyl (C=O) groups excluding carboxylic acids is 2. The molecular weight excluding hydrogens is 412 g/mol. The van der Waals surface area contributed by atoms with Crippen LogP contribution in [0.25, 0.3) is 10.9 Å². The highest BCUT2D eigenvalue weighted by Gasteiger charge is 2.55. The highest BCUT2D eigenvalue weighted by Crippen LogP contribution is 2.51. The lowest BCUT2D eigenvalue weighted by Crippen LogP contribution is -2.37. The van der Waals surface area contributed by atoms with Crippen LogP contribution in [0.15, 0.2) is 28.7 Å². The summed E-state index contributed by atoms with van der Waals surface area (Å²) >= 11 is 3.52. The zero-order valence-electron chi connectivity index (χ0n) is 15.3. The van der Waals surface area contributed by atoms with Crippen LogP contribution < -0.4 is 4.90 Å². The van der Waals surface area contributed by atoms with E-state index >= 15 is 0 Å². The molecule has 1 aliphatic carbocycles. The van der Waals surface area contributed by atoms with Crippen molar-refractivity contribution in [1.29, 1.82) is 0 Å². The third kappa shape index (κ3) is 2.88. The summed E-state index contributed by atoms with van der Waals surface area (Å²) in [7, 11) is 2.81. The first-order chi connectivity index (χ1) is 13.0. The Bertz CT molecular complexity index is 932. The van der Waals surface area contributed by atoms with E-state index in [4.69, 9.17) is 9.47 Å². The number of methoxy groups -OCH3 is 2. The molecule has 27 heavy (non-hydrogen) atoms. The van der Waals surface area contributed by atoms with E-state index < -0.39 is 11.4 Å². The molecule has 2 heterocycles. The van der Waals surface area contributed by atoms with Gasteiger partial charge < -0.3 is 14.4 Å².